The fourth-order valence-electron chi connectivity index (χ4n) is 3.66. The summed E-state index contributed by atoms with van der Waals surface area (Å²) in [5.41, 5.74) is 10.0. The number of pyridine rings is 3. The van der Waals surface area contributed by atoms with E-state index in [9.17, 15) is 0 Å². The minimum Gasteiger partial charge on any atom is -0.315 e. The van der Waals surface area contributed by atoms with Crippen LogP contribution in [0.3, 0.4) is 0 Å². The van der Waals surface area contributed by atoms with Gasteiger partial charge in [-0.1, -0.05) is 48.5 Å². The molecule has 1 unspecified atom stereocenters. The lowest BCUT2D eigenvalue weighted by molar-refractivity contribution is 0.396. The largest absolute Gasteiger partial charge is 0.315 e. The smallest absolute Gasteiger partial charge is 0.108 e. The van der Waals surface area contributed by atoms with Gasteiger partial charge in [0.2, 0.25) is 0 Å². The molecule has 4 rings (SSSR count). The second kappa shape index (κ2) is 8.11. The molecule has 0 saturated heterocycles. The predicted molar refractivity (Wildman–Crippen MR) is 111 cm³/mol. The number of aromatic nitrogens is 3. The minimum atomic E-state index is -0.901. The van der Waals surface area contributed by atoms with Gasteiger partial charge >= 0.3 is 0 Å². The Bertz CT molecular complexity index is 950. The maximum absolute atomic E-state index is 7.21. The average molecular weight is 366 g/mol. The van der Waals surface area contributed by atoms with Gasteiger partial charge in [0.25, 0.3) is 0 Å². The summed E-state index contributed by atoms with van der Waals surface area (Å²) < 4.78 is 0. The van der Waals surface area contributed by atoms with Gasteiger partial charge in [-0.25, -0.2) is 0 Å². The van der Waals surface area contributed by atoms with Crippen molar-refractivity contribution in [2.45, 2.75) is 17.9 Å². The molecule has 138 valence electrons. The van der Waals surface area contributed by atoms with Crippen LogP contribution >= 0.6 is 0 Å². The van der Waals surface area contributed by atoms with E-state index in [-0.39, 0.29) is 5.92 Å². The molecule has 0 amide bonds. The Hall–Kier alpha value is -3.37. The zero-order valence-corrected chi connectivity index (χ0v) is 15.5. The summed E-state index contributed by atoms with van der Waals surface area (Å²) in [6, 6.07) is 28.0. The highest BCUT2D eigenvalue weighted by atomic mass is 14.9. The standard InChI is InChI=1S/C24H22N4/c25-24(22-13-5-8-16-27-22,23-14-6-9-17-28-23)21(19-10-2-1-3-11-19)18-20-12-4-7-15-26-20/h1-17,21H,18,25H2. The molecule has 0 spiro atoms. The summed E-state index contributed by atoms with van der Waals surface area (Å²) >= 11 is 0. The molecular weight excluding hydrogens is 344 g/mol. The van der Waals surface area contributed by atoms with Gasteiger partial charge in [0.05, 0.1) is 11.4 Å². The molecule has 3 heterocycles. The topological polar surface area (TPSA) is 64.7 Å². The molecule has 1 atom stereocenters. The van der Waals surface area contributed by atoms with E-state index >= 15 is 0 Å². The Morgan fingerprint density at radius 1 is 0.643 bits per heavy atom. The normalized spacial score (nSPS) is 12.5. The third-order valence-corrected chi connectivity index (χ3v) is 5.07. The van der Waals surface area contributed by atoms with E-state index in [1.165, 1.54) is 0 Å². The molecule has 1 aromatic carbocycles. The Morgan fingerprint density at radius 2 is 1.18 bits per heavy atom. The van der Waals surface area contributed by atoms with Gasteiger partial charge in [-0.2, -0.15) is 0 Å². The molecule has 4 heteroatoms. The second-order valence-electron chi connectivity index (χ2n) is 6.79. The molecule has 0 aliphatic rings. The Morgan fingerprint density at radius 3 is 1.68 bits per heavy atom. The number of hydrogen-bond donors (Lipinski definition) is 1. The summed E-state index contributed by atoms with van der Waals surface area (Å²) in [6.45, 7) is 0. The lowest BCUT2D eigenvalue weighted by Crippen LogP contribution is -2.46. The maximum Gasteiger partial charge on any atom is 0.108 e. The van der Waals surface area contributed by atoms with Crippen LogP contribution < -0.4 is 5.73 Å². The molecule has 0 saturated carbocycles. The average Bonchev–Trinajstić information content (AvgIpc) is 2.79. The summed E-state index contributed by atoms with van der Waals surface area (Å²) in [6.07, 6.45) is 6.05. The quantitative estimate of drug-likeness (QED) is 0.558. The second-order valence-corrected chi connectivity index (χ2v) is 6.79. The van der Waals surface area contributed by atoms with Crippen LogP contribution in [-0.2, 0) is 12.0 Å². The van der Waals surface area contributed by atoms with Crippen molar-refractivity contribution in [2.24, 2.45) is 5.73 Å². The van der Waals surface area contributed by atoms with Gasteiger partial charge in [-0.05, 0) is 48.4 Å². The summed E-state index contributed by atoms with van der Waals surface area (Å²) in [7, 11) is 0. The molecule has 0 radical (unpaired) electrons. The number of nitrogens with zero attached hydrogens (tertiary/aromatic N) is 3. The third-order valence-electron chi connectivity index (χ3n) is 5.07. The lowest BCUT2D eigenvalue weighted by Gasteiger charge is -2.37. The van der Waals surface area contributed by atoms with E-state index in [1.807, 2.05) is 79.0 Å². The van der Waals surface area contributed by atoms with Gasteiger partial charge in [-0.3, -0.25) is 15.0 Å². The lowest BCUT2D eigenvalue weighted by atomic mass is 9.72. The number of benzene rings is 1. The minimum absolute atomic E-state index is 0.0894. The Labute approximate surface area is 165 Å². The molecule has 28 heavy (non-hydrogen) atoms. The van der Waals surface area contributed by atoms with Crippen molar-refractivity contribution in [1.29, 1.82) is 0 Å². The first-order chi connectivity index (χ1) is 13.8. The molecular formula is C24H22N4. The van der Waals surface area contributed by atoms with Gasteiger partial charge in [0, 0.05) is 30.2 Å². The van der Waals surface area contributed by atoms with Gasteiger partial charge in [0.15, 0.2) is 0 Å². The van der Waals surface area contributed by atoms with Crippen LogP contribution in [0.5, 0.6) is 0 Å². The van der Waals surface area contributed by atoms with Crippen molar-refractivity contribution in [3.05, 3.63) is 126 Å². The Kier molecular flexibility index (Phi) is 5.22. The van der Waals surface area contributed by atoms with Gasteiger partial charge in [0.1, 0.15) is 5.54 Å². The third kappa shape index (κ3) is 3.55. The highest BCUT2D eigenvalue weighted by Crippen LogP contribution is 2.40. The van der Waals surface area contributed by atoms with Crippen LogP contribution in [0.25, 0.3) is 0 Å². The Balaban J connectivity index is 1.91. The summed E-state index contributed by atoms with van der Waals surface area (Å²) in [4.78, 5) is 13.8. The van der Waals surface area contributed by atoms with Gasteiger partial charge in [-0.15, -0.1) is 0 Å². The first-order valence-corrected chi connectivity index (χ1v) is 9.35. The summed E-state index contributed by atoms with van der Waals surface area (Å²) in [5, 5.41) is 0. The molecule has 0 aliphatic heterocycles. The molecule has 0 fully saturated rings. The first-order valence-electron chi connectivity index (χ1n) is 9.35. The first kappa shape index (κ1) is 18.0. The van der Waals surface area contributed by atoms with Crippen molar-refractivity contribution >= 4 is 0 Å². The van der Waals surface area contributed by atoms with Crippen LogP contribution in [0.15, 0.2) is 104 Å². The van der Waals surface area contributed by atoms with Gasteiger partial charge < -0.3 is 5.73 Å². The van der Waals surface area contributed by atoms with Crippen LogP contribution in [0, 0.1) is 0 Å². The predicted octanol–water partition coefficient (Wildman–Crippen LogP) is 4.10. The molecule has 2 N–H and O–H groups in total. The van der Waals surface area contributed by atoms with E-state index in [2.05, 4.69) is 27.1 Å². The zero-order chi connectivity index (χ0) is 19.2. The number of hydrogen-bond acceptors (Lipinski definition) is 4. The maximum atomic E-state index is 7.21. The molecule has 0 aliphatic carbocycles. The number of rotatable bonds is 6. The van der Waals surface area contributed by atoms with Crippen LogP contribution in [0.1, 0.15) is 28.6 Å². The monoisotopic (exact) mass is 366 g/mol. The van der Waals surface area contributed by atoms with Crippen LogP contribution in [0.4, 0.5) is 0 Å². The highest BCUT2D eigenvalue weighted by Gasteiger charge is 2.42. The fourth-order valence-corrected chi connectivity index (χ4v) is 3.66. The molecule has 4 aromatic rings. The molecule has 0 bridgehead atoms. The van der Waals surface area contributed by atoms with E-state index in [1.54, 1.807) is 12.4 Å². The van der Waals surface area contributed by atoms with E-state index < -0.39 is 5.54 Å². The zero-order valence-electron chi connectivity index (χ0n) is 15.5. The molecule has 3 aromatic heterocycles. The fraction of sp³-hybridized carbons (Fsp3) is 0.125. The van der Waals surface area contributed by atoms with Crippen LogP contribution in [-0.4, -0.2) is 15.0 Å². The van der Waals surface area contributed by atoms with E-state index in [4.69, 9.17) is 5.73 Å². The summed E-state index contributed by atoms with van der Waals surface area (Å²) in [5.74, 6) is -0.0894. The number of nitrogens with two attached hydrogens (primary N) is 1. The highest BCUT2D eigenvalue weighted by molar-refractivity contribution is 5.39. The van der Waals surface area contributed by atoms with Crippen molar-refractivity contribution in [3.8, 4) is 0 Å². The van der Waals surface area contributed by atoms with Crippen molar-refractivity contribution in [3.63, 3.8) is 0 Å². The molecule has 4 nitrogen and oxygen atoms in total. The van der Waals surface area contributed by atoms with Crippen molar-refractivity contribution in [1.82, 2.24) is 15.0 Å². The van der Waals surface area contributed by atoms with Crippen molar-refractivity contribution < 1.29 is 0 Å². The van der Waals surface area contributed by atoms with Crippen LogP contribution in [0.2, 0.25) is 0 Å². The van der Waals surface area contributed by atoms with Crippen molar-refractivity contribution in [2.75, 3.05) is 0 Å². The SMILES string of the molecule is NC(c1ccccn1)(c1ccccn1)C(Cc1ccccn1)c1ccccc1. The van der Waals surface area contributed by atoms with E-state index in [0.717, 1.165) is 22.6 Å². The van der Waals surface area contributed by atoms with E-state index in [0.29, 0.717) is 6.42 Å².